The summed E-state index contributed by atoms with van der Waals surface area (Å²) < 4.78 is 0. The first-order chi connectivity index (χ1) is 16.1. The minimum atomic E-state index is 0.157. The van der Waals surface area contributed by atoms with E-state index in [1.165, 1.54) is 61.0 Å². The Morgan fingerprint density at radius 2 is 0.824 bits per heavy atom. The quantitative estimate of drug-likeness (QED) is 0.498. The summed E-state index contributed by atoms with van der Waals surface area (Å²) >= 11 is 0. The van der Waals surface area contributed by atoms with Gasteiger partial charge in [0.2, 0.25) is 0 Å². The lowest BCUT2D eigenvalue weighted by Crippen LogP contribution is -2.56. The number of hydrogen-bond donors (Lipinski definition) is 0. The van der Waals surface area contributed by atoms with Gasteiger partial charge in [-0.2, -0.15) is 0 Å². The van der Waals surface area contributed by atoms with Gasteiger partial charge in [-0.1, -0.05) is 24.3 Å². The second kappa shape index (κ2) is 7.73. The van der Waals surface area contributed by atoms with E-state index in [4.69, 9.17) is 0 Å². The summed E-state index contributed by atoms with van der Waals surface area (Å²) in [5.41, 5.74) is 5.61. The molecule has 0 spiro atoms. The van der Waals surface area contributed by atoms with E-state index in [0.717, 1.165) is 0 Å². The molecule has 4 atom stereocenters. The maximum atomic E-state index is 2.65. The van der Waals surface area contributed by atoms with Crippen LogP contribution in [0, 0.1) is 0 Å². The molecule has 2 heterocycles. The Kier molecular flexibility index (Phi) is 5.10. The highest BCUT2D eigenvalue weighted by atomic mass is 15.7. The highest BCUT2D eigenvalue weighted by Crippen LogP contribution is 2.46. The van der Waals surface area contributed by atoms with Crippen molar-refractivity contribution in [3.05, 3.63) is 48.5 Å². The highest BCUT2D eigenvalue weighted by Gasteiger charge is 2.49. The van der Waals surface area contributed by atoms with Crippen LogP contribution in [0.15, 0.2) is 48.5 Å². The number of anilines is 2. The van der Waals surface area contributed by atoms with Crippen molar-refractivity contribution < 1.29 is 0 Å². The Hall–Kier alpha value is -2.04. The molecule has 2 saturated heterocycles. The van der Waals surface area contributed by atoms with E-state index < -0.39 is 0 Å². The average molecular weight is 459 g/mol. The molecule has 2 aliphatic heterocycles. The van der Waals surface area contributed by atoms with Crippen molar-refractivity contribution in [2.24, 2.45) is 0 Å². The molecule has 34 heavy (non-hydrogen) atoms. The maximum absolute atomic E-state index is 2.65. The molecular weight excluding hydrogens is 416 g/mol. The average Bonchev–Trinajstić information content (AvgIpc) is 3.58. The fourth-order valence-electron chi connectivity index (χ4n) is 7.49. The molecule has 2 saturated carbocycles. The SMILES string of the molecule is CC(C)(C)N1[C@@H]2CC[C@@H](C2)N1c1ccc(-c2ccc(N3[C@@H]4CC[C@@H](C4)N3C(C)(C)C)cc2)cc1. The van der Waals surface area contributed by atoms with Gasteiger partial charge in [-0.05, 0) is 115 Å². The van der Waals surface area contributed by atoms with Crippen molar-refractivity contribution in [2.75, 3.05) is 10.0 Å². The first-order valence-electron chi connectivity index (χ1n) is 13.5. The molecule has 2 aliphatic carbocycles. The predicted octanol–water partition coefficient (Wildman–Crippen LogP) is 6.87. The molecular formula is C30H42N4. The standard InChI is InChI=1S/C30H42N4/c1-29(2,3)33-27-17-15-25(19-27)31(33)23-11-7-21(8-12-23)22-9-13-24(14-10-22)32-26-16-18-28(20-26)34(32)30(4,5)6/h7-14,25-28H,15-20H2,1-6H3/t25-,26+,27+,28-. The van der Waals surface area contributed by atoms with E-state index in [0.29, 0.717) is 24.2 Å². The predicted molar refractivity (Wildman–Crippen MR) is 143 cm³/mol. The second-order valence-corrected chi connectivity index (χ2v) is 13.1. The van der Waals surface area contributed by atoms with Gasteiger partial charge in [-0.3, -0.25) is 0 Å². The van der Waals surface area contributed by atoms with E-state index in [-0.39, 0.29) is 11.1 Å². The van der Waals surface area contributed by atoms with Crippen LogP contribution >= 0.6 is 0 Å². The maximum Gasteiger partial charge on any atom is 0.0526 e. The van der Waals surface area contributed by atoms with Gasteiger partial charge < -0.3 is 10.0 Å². The third-order valence-corrected chi connectivity index (χ3v) is 8.57. The second-order valence-electron chi connectivity index (χ2n) is 13.1. The molecule has 6 rings (SSSR count). The summed E-state index contributed by atoms with van der Waals surface area (Å²) in [6, 6.07) is 21.3. The Morgan fingerprint density at radius 1 is 0.500 bits per heavy atom. The lowest BCUT2D eigenvalue weighted by atomic mass is 10.0. The first kappa shape index (κ1) is 22.4. The van der Waals surface area contributed by atoms with Gasteiger partial charge in [0.25, 0.3) is 0 Å². The van der Waals surface area contributed by atoms with Gasteiger partial charge in [-0.25, -0.2) is 10.0 Å². The van der Waals surface area contributed by atoms with Crippen LogP contribution in [-0.2, 0) is 0 Å². The number of hydrogen-bond acceptors (Lipinski definition) is 4. The molecule has 4 aliphatic rings. The third kappa shape index (κ3) is 3.56. The van der Waals surface area contributed by atoms with Gasteiger partial charge in [0.1, 0.15) is 0 Å². The number of hydrazine groups is 2. The molecule has 2 aromatic rings. The minimum Gasteiger partial charge on any atom is -0.302 e. The summed E-state index contributed by atoms with van der Waals surface area (Å²) in [7, 11) is 0. The molecule has 4 fully saturated rings. The molecule has 182 valence electrons. The third-order valence-electron chi connectivity index (χ3n) is 8.57. The molecule has 0 aromatic heterocycles. The van der Waals surface area contributed by atoms with Crippen molar-refractivity contribution in [2.45, 2.75) is 115 Å². The molecule has 4 bridgehead atoms. The zero-order chi connectivity index (χ0) is 23.8. The Labute approximate surface area is 206 Å². The van der Waals surface area contributed by atoms with E-state index in [1.807, 2.05) is 0 Å². The van der Waals surface area contributed by atoms with Crippen LogP contribution in [0.2, 0.25) is 0 Å². The van der Waals surface area contributed by atoms with Crippen molar-refractivity contribution in [3.63, 3.8) is 0 Å². The van der Waals surface area contributed by atoms with Crippen molar-refractivity contribution in [1.29, 1.82) is 0 Å². The summed E-state index contributed by atoms with van der Waals surface area (Å²) in [4.78, 5) is 0. The number of fused-ring (bicyclic) bond motifs is 4. The Balaban J connectivity index is 1.23. The van der Waals surface area contributed by atoms with Gasteiger partial charge in [0.05, 0.1) is 11.4 Å². The monoisotopic (exact) mass is 458 g/mol. The molecule has 4 heteroatoms. The topological polar surface area (TPSA) is 13.0 Å². The largest absolute Gasteiger partial charge is 0.302 e. The number of benzene rings is 2. The molecule has 0 unspecified atom stereocenters. The van der Waals surface area contributed by atoms with Crippen LogP contribution in [-0.4, -0.2) is 45.3 Å². The Morgan fingerprint density at radius 3 is 1.15 bits per heavy atom. The van der Waals surface area contributed by atoms with Gasteiger partial charge in [-0.15, -0.1) is 0 Å². The van der Waals surface area contributed by atoms with Gasteiger partial charge in [0, 0.05) is 35.2 Å². The molecule has 0 amide bonds. The minimum absolute atomic E-state index is 0.157. The van der Waals surface area contributed by atoms with Crippen LogP contribution < -0.4 is 10.0 Å². The molecule has 0 radical (unpaired) electrons. The van der Waals surface area contributed by atoms with Crippen molar-refractivity contribution >= 4 is 11.4 Å². The summed E-state index contributed by atoms with van der Waals surface area (Å²) in [6.07, 6.45) is 7.95. The fraction of sp³-hybridized carbons (Fsp3) is 0.600. The lowest BCUT2D eigenvalue weighted by Gasteiger charge is -2.47. The van der Waals surface area contributed by atoms with Crippen LogP contribution in [0.1, 0.15) is 80.1 Å². The van der Waals surface area contributed by atoms with Gasteiger partial charge >= 0.3 is 0 Å². The number of nitrogens with zero attached hydrogens (tertiary/aromatic N) is 4. The van der Waals surface area contributed by atoms with E-state index in [9.17, 15) is 0 Å². The van der Waals surface area contributed by atoms with Gasteiger partial charge in [0.15, 0.2) is 0 Å². The summed E-state index contributed by atoms with van der Waals surface area (Å²) in [5.74, 6) is 0. The van der Waals surface area contributed by atoms with Crippen LogP contribution in [0.4, 0.5) is 11.4 Å². The highest BCUT2D eigenvalue weighted by molar-refractivity contribution is 5.69. The van der Waals surface area contributed by atoms with Crippen LogP contribution in [0.5, 0.6) is 0 Å². The first-order valence-corrected chi connectivity index (χ1v) is 13.5. The summed E-state index contributed by atoms with van der Waals surface area (Å²) in [6.45, 7) is 14.1. The smallest absolute Gasteiger partial charge is 0.0526 e. The summed E-state index contributed by atoms with van der Waals surface area (Å²) in [5, 5.41) is 10.5. The van der Waals surface area contributed by atoms with Crippen LogP contribution in [0.3, 0.4) is 0 Å². The van der Waals surface area contributed by atoms with E-state index in [2.05, 4.69) is 110 Å². The zero-order valence-electron chi connectivity index (χ0n) is 22.0. The van der Waals surface area contributed by atoms with Crippen molar-refractivity contribution in [1.82, 2.24) is 10.0 Å². The normalized spacial score (nSPS) is 29.6. The molecule has 4 nitrogen and oxygen atoms in total. The van der Waals surface area contributed by atoms with Crippen molar-refractivity contribution in [3.8, 4) is 11.1 Å². The lowest BCUT2D eigenvalue weighted by molar-refractivity contribution is 0.0838. The molecule has 0 N–H and O–H groups in total. The Bertz CT molecular complexity index is 944. The van der Waals surface area contributed by atoms with E-state index in [1.54, 1.807) is 0 Å². The number of rotatable bonds is 3. The zero-order valence-corrected chi connectivity index (χ0v) is 22.0. The van der Waals surface area contributed by atoms with E-state index >= 15 is 0 Å². The fourth-order valence-corrected chi connectivity index (χ4v) is 7.49. The van der Waals surface area contributed by atoms with Crippen LogP contribution in [0.25, 0.3) is 11.1 Å². The molecule has 2 aromatic carbocycles.